The molecule has 7 heteroatoms. The van der Waals surface area contributed by atoms with Gasteiger partial charge in [-0.1, -0.05) is 48.9 Å². The normalized spacial score (nSPS) is 17.1. The third-order valence-electron chi connectivity index (χ3n) is 4.77. The molecule has 1 aliphatic heterocycles. The zero-order chi connectivity index (χ0) is 20.6. The van der Waals surface area contributed by atoms with E-state index in [2.05, 4.69) is 22.3 Å². The predicted molar refractivity (Wildman–Crippen MR) is 115 cm³/mol. The van der Waals surface area contributed by atoms with Gasteiger partial charge in [0.15, 0.2) is 0 Å². The second-order valence-electron chi connectivity index (χ2n) is 7.14. The number of nitrogen functional groups attached to an aromatic ring is 1. The van der Waals surface area contributed by atoms with Crippen LogP contribution in [0, 0.1) is 0 Å². The van der Waals surface area contributed by atoms with Crippen LogP contribution in [0.4, 0.5) is 5.69 Å². The first kappa shape index (κ1) is 21.4. The maximum Gasteiger partial charge on any atom is 0.255 e. The molecule has 6 nitrogen and oxygen atoms in total. The van der Waals surface area contributed by atoms with Gasteiger partial charge < -0.3 is 20.5 Å². The molecule has 2 aromatic carbocycles. The number of rotatable bonds is 8. The van der Waals surface area contributed by atoms with Gasteiger partial charge >= 0.3 is 0 Å². The molecule has 0 saturated carbocycles. The topological polar surface area (TPSA) is 76.8 Å². The third-order valence-corrected chi connectivity index (χ3v) is 5.09. The molecule has 2 aromatic rings. The van der Waals surface area contributed by atoms with E-state index in [-0.39, 0.29) is 12.0 Å². The standard InChI is InChI=1S/C22H28ClN3O3/c1-2-9-29-21-12-20(24)19(23)11-18(21)22(27)25-13-17-15-26(8-10-28-17)14-16-6-4-3-5-7-16/h3-7,11-12,17H,2,8-10,13-15,24H2,1H3,(H,25,27). The van der Waals surface area contributed by atoms with Gasteiger partial charge in [0.1, 0.15) is 5.75 Å². The van der Waals surface area contributed by atoms with Crippen molar-refractivity contribution >= 4 is 23.2 Å². The summed E-state index contributed by atoms with van der Waals surface area (Å²) in [7, 11) is 0. The van der Waals surface area contributed by atoms with E-state index in [0.29, 0.717) is 41.8 Å². The molecular weight excluding hydrogens is 390 g/mol. The molecule has 0 spiro atoms. The van der Waals surface area contributed by atoms with E-state index >= 15 is 0 Å². The fourth-order valence-corrected chi connectivity index (χ4v) is 3.43. The van der Waals surface area contributed by atoms with Crippen molar-refractivity contribution in [2.24, 2.45) is 0 Å². The molecule has 1 fully saturated rings. The first-order valence-electron chi connectivity index (χ1n) is 9.94. The lowest BCUT2D eigenvalue weighted by molar-refractivity contribution is -0.0292. The molecule has 1 aliphatic rings. The summed E-state index contributed by atoms with van der Waals surface area (Å²) in [5.41, 5.74) is 7.91. The second kappa shape index (κ2) is 10.5. The summed E-state index contributed by atoms with van der Waals surface area (Å²) >= 11 is 6.12. The number of nitrogens with two attached hydrogens (primary N) is 1. The lowest BCUT2D eigenvalue weighted by atomic mass is 10.1. The third kappa shape index (κ3) is 6.10. The fraction of sp³-hybridized carbons (Fsp3) is 0.409. The number of ether oxygens (including phenoxy) is 2. The van der Waals surface area contributed by atoms with Gasteiger partial charge in [0.2, 0.25) is 0 Å². The van der Waals surface area contributed by atoms with E-state index < -0.39 is 0 Å². The van der Waals surface area contributed by atoms with Crippen molar-refractivity contribution in [2.75, 3.05) is 38.6 Å². The maximum atomic E-state index is 12.7. The number of amides is 1. The highest BCUT2D eigenvalue weighted by atomic mass is 35.5. The summed E-state index contributed by atoms with van der Waals surface area (Å²) in [5, 5.41) is 3.28. The molecule has 29 heavy (non-hydrogen) atoms. The Hall–Kier alpha value is -2.28. The number of halogens is 1. The minimum atomic E-state index is -0.248. The Morgan fingerprint density at radius 1 is 1.34 bits per heavy atom. The van der Waals surface area contributed by atoms with Crippen LogP contribution < -0.4 is 15.8 Å². The van der Waals surface area contributed by atoms with Crippen LogP contribution in [0.25, 0.3) is 0 Å². The summed E-state index contributed by atoms with van der Waals surface area (Å²) in [5.74, 6) is 0.198. The Balaban J connectivity index is 1.58. The summed E-state index contributed by atoms with van der Waals surface area (Å²) in [6.45, 7) is 6.07. The highest BCUT2D eigenvalue weighted by molar-refractivity contribution is 6.33. The maximum absolute atomic E-state index is 12.7. The van der Waals surface area contributed by atoms with Crippen molar-refractivity contribution in [3.8, 4) is 5.75 Å². The average Bonchev–Trinajstić information content (AvgIpc) is 2.73. The molecule has 156 valence electrons. The zero-order valence-electron chi connectivity index (χ0n) is 16.7. The Labute approximate surface area is 176 Å². The van der Waals surface area contributed by atoms with E-state index in [1.54, 1.807) is 12.1 Å². The number of anilines is 1. The molecule has 1 atom stereocenters. The SMILES string of the molecule is CCCOc1cc(N)c(Cl)cc1C(=O)NCC1CN(Cc2ccccc2)CCO1. The summed E-state index contributed by atoms with van der Waals surface area (Å²) < 4.78 is 11.5. The molecule has 1 saturated heterocycles. The van der Waals surface area contributed by atoms with E-state index in [4.69, 9.17) is 26.8 Å². The van der Waals surface area contributed by atoms with Crippen molar-refractivity contribution in [2.45, 2.75) is 26.0 Å². The van der Waals surface area contributed by atoms with Crippen molar-refractivity contribution in [3.63, 3.8) is 0 Å². The Bertz CT molecular complexity index is 816. The first-order chi connectivity index (χ1) is 14.1. The van der Waals surface area contributed by atoms with Crippen LogP contribution in [-0.4, -0.2) is 49.8 Å². The molecule has 1 amide bonds. The minimum absolute atomic E-state index is 0.0688. The minimum Gasteiger partial charge on any atom is -0.493 e. The molecule has 0 aromatic heterocycles. The van der Waals surface area contributed by atoms with Gasteiger partial charge in [-0.3, -0.25) is 9.69 Å². The van der Waals surface area contributed by atoms with Crippen LogP contribution in [0.5, 0.6) is 5.75 Å². The van der Waals surface area contributed by atoms with Gasteiger partial charge in [-0.15, -0.1) is 0 Å². The predicted octanol–water partition coefficient (Wildman–Crippen LogP) is 3.34. The van der Waals surface area contributed by atoms with Crippen molar-refractivity contribution in [3.05, 3.63) is 58.6 Å². The summed E-state index contributed by atoms with van der Waals surface area (Å²) in [4.78, 5) is 15.1. The molecule has 0 radical (unpaired) electrons. The molecule has 3 rings (SSSR count). The van der Waals surface area contributed by atoms with Crippen molar-refractivity contribution in [1.29, 1.82) is 0 Å². The smallest absolute Gasteiger partial charge is 0.255 e. The summed E-state index contributed by atoms with van der Waals surface area (Å²) in [6.07, 6.45) is 0.761. The number of morpholine rings is 1. The van der Waals surface area contributed by atoms with Gasteiger partial charge in [0, 0.05) is 32.2 Å². The Morgan fingerprint density at radius 2 is 2.14 bits per heavy atom. The number of carbonyl (C=O) groups is 1. The second-order valence-corrected chi connectivity index (χ2v) is 7.55. The van der Waals surface area contributed by atoms with Gasteiger partial charge in [-0.2, -0.15) is 0 Å². The highest BCUT2D eigenvalue weighted by Crippen LogP contribution is 2.29. The van der Waals surface area contributed by atoms with Crippen LogP contribution in [0.3, 0.4) is 0 Å². The molecule has 1 unspecified atom stereocenters. The van der Waals surface area contributed by atoms with Crippen LogP contribution in [0.1, 0.15) is 29.3 Å². The monoisotopic (exact) mass is 417 g/mol. The molecule has 1 heterocycles. The van der Waals surface area contributed by atoms with Crippen LogP contribution in [0.2, 0.25) is 5.02 Å². The van der Waals surface area contributed by atoms with Crippen molar-refractivity contribution in [1.82, 2.24) is 10.2 Å². The lowest BCUT2D eigenvalue weighted by Crippen LogP contribution is -2.47. The molecule has 3 N–H and O–H groups in total. The number of nitrogens with zero attached hydrogens (tertiary/aromatic N) is 1. The van der Waals surface area contributed by atoms with E-state index in [1.165, 1.54) is 5.56 Å². The van der Waals surface area contributed by atoms with E-state index in [1.807, 2.05) is 25.1 Å². The Kier molecular flexibility index (Phi) is 7.75. The van der Waals surface area contributed by atoms with Gasteiger partial charge in [0.25, 0.3) is 5.91 Å². The molecule has 0 bridgehead atoms. The number of hydrogen-bond donors (Lipinski definition) is 2. The molecular formula is C22H28ClN3O3. The lowest BCUT2D eigenvalue weighted by Gasteiger charge is -2.33. The van der Waals surface area contributed by atoms with E-state index in [0.717, 1.165) is 26.1 Å². The molecule has 0 aliphatic carbocycles. The van der Waals surface area contributed by atoms with Gasteiger partial charge in [-0.25, -0.2) is 0 Å². The van der Waals surface area contributed by atoms with Crippen molar-refractivity contribution < 1.29 is 14.3 Å². The number of hydrogen-bond acceptors (Lipinski definition) is 5. The Morgan fingerprint density at radius 3 is 2.90 bits per heavy atom. The van der Waals surface area contributed by atoms with Gasteiger partial charge in [0.05, 0.1) is 35.6 Å². The number of carbonyl (C=O) groups excluding carboxylic acids is 1. The quantitative estimate of drug-likeness (QED) is 0.644. The van der Waals surface area contributed by atoms with Crippen LogP contribution in [0.15, 0.2) is 42.5 Å². The highest BCUT2D eigenvalue weighted by Gasteiger charge is 2.22. The van der Waals surface area contributed by atoms with E-state index in [9.17, 15) is 4.79 Å². The first-order valence-corrected chi connectivity index (χ1v) is 10.3. The number of nitrogens with one attached hydrogen (secondary N) is 1. The fourth-order valence-electron chi connectivity index (χ4n) is 3.27. The number of benzene rings is 2. The zero-order valence-corrected chi connectivity index (χ0v) is 17.5. The van der Waals surface area contributed by atoms with Gasteiger partial charge in [-0.05, 0) is 18.1 Å². The van der Waals surface area contributed by atoms with Crippen LogP contribution >= 0.6 is 11.6 Å². The average molecular weight is 418 g/mol. The summed E-state index contributed by atoms with van der Waals surface area (Å²) in [6, 6.07) is 13.5. The van der Waals surface area contributed by atoms with Crippen LogP contribution in [-0.2, 0) is 11.3 Å². The largest absolute Gasteiger partial charge is 0.493 e.